The number of fused-ring (bicyclic) bond motifs is 1. The highest BCUT2D eigenvalue weighted by Gasteiger charge is 2.25. The SMILES string of the molecule is Cc1nc(Nc2ccc(N3CCN(C)CC3)cc2)nc2c1nc(NC1=CC=CCC=C1)n2C1CCCC1. The van der Waals surface area contributed by atoms with Crippen molar-refractivity contribution in [2.75, 3.05) is 48.8 Å². The molecule has 3 heterocycles. The van der Waals surface area contributed by atoms with E-state index in [2.05, 4.69) is 86.7 Å². The van der Waals surface area contributed by atoms with Crippen LogP contribution >= 0.6 is 0 Å². The fourth-order valence-corrected chi connectivity index (χ4v) is 5.50. The van der Waals surface area contributed by atoms with Gasteiger partial charge in [-0.3, -0.25) is 4.57 Å². The Kier molecular flexibility index (Phi) is 6.66. The average molecular weight is 497 g/mol. The number of benzene rings is 1. The van der Waals surface area contributed by atoms with Crippen LogP contribution in [0.3, 0.4) is 0 Å². The molecule has 0 spiro atoms. The largest absolute Gasteiger partial charge is 0.369 e. The molecule has 2 aliphatic carbocycles. The van der Waals surface area contributed by atoms with Crippen LogP contribution in [0.1, 0.15) is 43.8 Å². The topological polar surface area (TPSA) is 74.1 Å². The van der Waals surface area contributed by atoms with E-state index in [9.17, 15) is 0 Å². The van der Waals surface area contributed by atoms with Gasteiger partial charge in [0.2, 0.25) is 11.9 Å². The molecule has 37 heavy (non-hydrogen) atoms. The molecular formula is C29H36N8. The average Bonchev–Trinajstić information content (AvgIpc) is 3.47. The highest BCUT2D eigenvalue weighted by Crippen LogP contribution is 2.36. The van der Waals surface area contributed by atoms with E-state index >= 15 is 0 Å². The number of anilines is 4. The Morgan fingerprint density at radius 3 is 2.46 bits per heavy atom. The number of nitrogens with one attached hydrogen (secondary N) is 2. The summed E-state index contributed by atoms with van der Waals surface area (Å²) in [5.74, 6) is 1.46. The van der Waals surface area contributed by atoms with E-state index in [-0.39, 0.29) is 0 Å². The Bertz CT molecular complexity index is 1340. The summed E-state index contributed by atoms with van der Waals surface area (Å²) in [5, 5.41) is 7.02. The van der Waals surface area contributed by atoms with Crippen molar-refractivity contribution in [3.8, 4) is 0 Å². The molecule has 8 nitrogen and oxygen atoms in total. The Labute approximate surface area is 218 Å². The summed E-state index contributed by atoms with van der Waals surface area (Å²) in [6.45, 7) is 6.35. The summed E-state index contributed by atoms with van der Waals surface area (Å²) >= 11 is 0. The molecule has 2 aromatic heterocycles. The van der Waals surface area contributed by atoms with E-state index in [4.69, 9.17) is 15.0 Å². The number of rotatable bonds is 6. The summed E-state index contributed by atoms with van der Waals surface area (Å²) < 4.78 is 2.31. The lowest BCUT2D eigenvalue weighted by atomic mass is 10.2. The number of piperazine rings is 1. The van der Waals surface area contributed by atoms with Gasteiger partial charge in [0.25, 0.3) is 0 Å². The van der Waals surface area contributed by atoms with Gasteiger partial charge >= 0.3 is 0 Å². The van der Waals surface area contributed by atoms with Crippen LogP contribution in [0.2, 0.25) is 0 Å². The van der Waals surface area contributed by atoms with Crippen molar-refractivity contribution in [1.29, 1.82) is 0 Å². The van der Waals surface area contributed by atoms with Crippen LogP contribution < -0.4 is 15.5 Å². The monoisotopic (exact) mass is 496 g/mol. The van der Waals surface area contributed by atoms with Gasteiger partial charge in [0.15, 0.2) is 5.65 Å². The molecule has 2 N–H and O–H groups in total. The molecule has 1 saturated heterocycles. The normalized spacial score (nSPS) is 18.9. The van der Waals surface area contributed by atoms with Gasteiger partial charge in [-0.2, -0.15) is 4.98 Å². The van der Waals surface area contributed by atoms with Gasteiger partial charge in [0, 0.05) is 49.3 Å². The summed E-state index contributed by atoms with van der Waals surface area (Å²) in [6.07, 6.45) is 16.3. The van der Waals surface area contributed by atoms with Crippen LogP contribution in [-0.4, -0.2) is 57.6 Å². The minimum absolute atomic E-state index is 0.392. The van der Waals surface area contributed by atoms with Gasteiger partial charge in [-0.1, -0.05) is 31.1 Å². The lowest BCUT2D eigenvalue weighted by Crippen LogP contribution is -2.44. The maximum Gasteiger partial charge on any atom is 0.229 e. The van der Waals surface area contributed by atoms with Gasteiger partial charge in [-0.25, -0.2) is 9.97 Å². The maximum atomic E-state index is 5.00. The first-order valence-electron chi connectivity index (χ1n) is 13.5. The quantitative estimate of drug-likeness (QED) is 0.463. The van der Waals surface area contributed by atoms with Gasteiger partial charge in [-0.05, 0) is 69.7 Å². The van der Waals surface area contributed by atoms with Crippen LogP contribution in [0.4, 0.5) is 23.3 Å². The van der Waals surface area contributed by atoms with Crippen LogP contribution in [0.25, 0.3) is 11.2 Å². The predicted molar refractivity (Wildman–Crippen MR) is 152 cm³/mol. The fourth-order valence-electron chi connectivity index (χ4n) is 5.50. The summed E-state index contributed by atoms with van der Waals surface area (Å²) in [6, 6.07) is 9.01. The Hall–Kier alpha value is -3.65. The molecule has 0 amide bonds. The number of hydrogen-bond acceptors (Lipinski definition) is 7. The van der Waals surface area contributed by atoms with Crippen molar-refractivity contribution in [3.63, 3.8) is 0 Å². The van der Waals surface area contributed by atoms with Gasteiger partial charge in [0.1, 0.15) is 5.52 Å². The summed E-state index contributed by atoms with van der Waals surface area (Å²) in [4.78, 5) is 19.6. The molecular weight excluding hydrogens is 460 g/mol. The van der Waals surface area contributed by atoms with Gasteiger partial charge in [0.05, 0.1) is 5.69 Å². The highest BCUT2D eigenvalue weighted by atomic mass is 15.3. The maximum absolute atomic E-state index is 5.00. The summed E-state index contributed by atoms with van der Waals surface area (Å²) in [7, 11) is 2.18. The smallest absolute Gasteiger partial charge is 0.229 e. The van der Waals surface area contributed by atoms with E-state index < -0.39 is 0 Å². The second-order valence-corrected chi connectivity index (χ2v) is 10.3. The molecule has 2 fully saturated rings. The second kappa shape index (κ2) is 10.4. The van der Waals surface area contributed by atoms with E-state index in [0.29, 0.717) is 12.0 Å². The number of hydrogen-bond donors (Lipinski definition) is 2. The molecule has 0 unspecified atom stereocenters. The number of imidazole rings is 1. The molecule has 0 radical (unpaired) electrons. The zero-order valence-corrected chi connectivity index (χ0v) is 21.8. The van der Waals surface area contributed by atoms with E-state index in [0.717, 1.165) is 79.6 Å². The van der Waals surface area contributed by atoms with Gasteiger partial charge < -0.3 is 20.4 Å². The van der Waals surface area contributed by atoms with E-state index in [1.54, 1.807) is 0 Å². The van der Waals surface area contributed by atoms with E-state index in [1.807, 2.05) is 6.92 Å². The minimum Gasteiger partial charge on any atom is -0.369 e. The molecule has 3 aliphatic rings. The zero-order valence-electron chi connectivity index (χ0n) is 21.8. The molecule has 3 aromatic rings. The minimum atomic E-state index is 0.392. The van der Waals surface area contributed by atoms with Crippen molar-refractivity contribution in [2.45, 2.75) is 45.1 Å². The van der Waals surface area contributed by atoms with Crippen molar-refractivity contribution in [3.05, 3.63) is 66.0 Å². The van der Waals surface area contributed by atoms with Crippen LogP contribution in [0.15, 0.2) is 60.3 Å². The zero-order chi connectivity index (χ0) is 25.2. The number of aromatic nitrogens is 4. The first kappa shape index (κ1) is 23.7. The molecule has 192 valence electrons. The number of nitrogens with zero attached hydrogens (tertiary/aromatic N) is 6. The lowest BCUT2D eigenvalue weighted by molar-refractivity contribution is 0.313. The van der Waals surface area contributed by atoms with Crippen molar-refractivity contribution >= 4 is 34.4 Å². The van der Waals surface area contributed by atoms with Crippen LogP contribution in [0, 0.1) is 6.92 Å². The highest BCUT2D eigenvalue weighted by molar-refractivity contribution is 5.79. The standard InChI is InChI=1S/C29H36N8/c1-21-26-27(37(25-11-7-8-12-25)29(33-26)32-22-9-5-3-4-6-10-22)34-28(30-21)31-23-13-15-24(16-14-23)36-19-17-35(2)18-20-36/h3,5-6,9-10,13-16,25H,4,7-8,11-12,17-20H2,1-2H3,(H,32,33)(H,30,31,34). The molecule has 6 rings (SSSR count). The third-order valence-corrected chi connectivity index (χ3v) is 7.63. The first-order valence-corrected chi connectivity index (χ1v) is 13.5. The van der Waals surface area contributed by atoms with Crippen LogP contribution in [0.5, 0.6) is 0 Å². The Balaban J connectivity index is 1.29. The number of allylic oxidation sites excluding steroid dienone is 5. The molecule has 1 saturated carbocycles. The first-order chi connectivity index (χ1) is 18.1. The molecule has 0 atom stereocenters. The number of likely N-dealkylation sites (N-methyl/N-ethyl adjacent to an activating group) is 1. The van der Waals surface area contributed by atoms with E-state index in [1.165, 1.54) is 18.5 Å². The lowest BCUT2D eigenvalue weighted by Gasteiger charge is -2.34. The van der Waals surface area contributed by atoms with Crippen LogP contribution in [-0.2, 0) is 0 Å². The molecule has 1 aliphatic heterocycles. The molecule has 8 heteroatoms. The van der Waals surface area contributed by atoms with Crippen molar-refractivity contribution in [1.82, 2.24) is 24.4 Å². The third-order valence-electron chi connectivity index (χ3n) is 7.63. The van der Waals surface area contributed by atoms with Crippen molar-refractivity contribution in [2.24, 2.45) is 0 Å². The fraction of sp³-hybridized carbons (Fsp3) is 0.414. The Morgan fingerprint density at radius 2 is 1.68 bits per heavy atom. The molecule has 1 aromatic carbocycles. The van der Waals surface area contributed by atoms with Gasteiger partial charge in [-0.15, -0.1) is 0 Å². The summed E-state index contributed by atoms with van der Waals surface area (Å²) in [5.41, 5.74) is 5.92. The second-order valence-electron chi connectivity index (χ2n) is 10.3. The number of aryl methyl sites for hydroxylation is 1. The van der Waals surface area contributed by atoms with Crippen molar-refractivity contribution < 1.29 is 0 Å². The molecule has 0 bridgehead atoms. The third kappa shape index (κ3) is 5.11. The Morgan fingerprint density at radius 1 is 0.892 bits per heavy atom. The predicted octanol–water partition coefficient (Wildman–Crippen LogP) is 5.56.